The number of aliphatic hydroxyl groups excluding tert-OH is 1. The van der Waals surface area contributed by atoms with Gasteiger partial charge in [0.1, 0.15) is 35.8 Å². The molecule has 17 nitrogen and oxygen atoms in total. The van der Waals surface area contributed by atoms with E-state index in [1.807, 2.05) is 52.0 Å². The first-order valence-electron chi connectivity index (χ1n) is 22.5. The highest BCUT2D eigenvalue weighted by atomic mass is 35.5. The van der Waals surface area contributed by atoms with Crippen molar-refractivity contribution >= 4 is 80.6 Å². The number of anilines is 3. The highest BCUT2D eigenvalue weighted by Gasteiger charge is 2.44. The van der Waals surface area contributed by atoms with Crippen LogP contribution in [0.3, 0.4) is 0 Å². The standard InChI is InChI=1S/C49H56ClFN10O7S/c1-29-44(69-28-55-29)31-10-8-30(9-11-31)25-52-47(66)39-22-33(62)26-61(39)48(67)45(49(2,3)4)58-42(64)14-15-43(65)60-19-17-59(18-20-60)16-6-7-41(63)57-38-23-34-37(24-40(38)68-5)53-27-54-46(34)56-32-12-13-36(51)35(50)21-32/h6-13,21,23-24,27-28,33,39,45,62H,14-20,22,25-26H2,1-5H3,(H,52,66)(H,57,63)(H,58,64)(H,53,54,56)/b7-6+/t33-,39+,45-/m1/s1. The minimum absolute atomic E-state index is 0.0485. The molecule has 0 spiro atoms. The summed E-state index contributed by atoms with van der Waals surface area (Å²) in [5, 5.41) is 22.8. The number of hydrogen-bond acceptors (Lipinski definition) is 13. The van der Waals surface area contributed by atoms with Crippen LogP contribution in [0.5, 0.6) is 5.75 Å². The molecule has 69 heavy (non-hydrogen) atoms. The molecule has 364 valence electrons. The van der Waals surface area contributed by atoms with E-state index in [0.717, 1.165) is 21.7 Å². The summed E-state index contributed by atoms with van der Waals surface area (Å²) in [5.74, 6) is -1.70. The van der Waals surface area contributed by atoms with E-state index in [9.17, 15) is 33.5 Å². The number of amides is 5. The smallest absolute Gasteiger partial charge is 0.248 e. The summed E-state index contributed by atoms with van der Waals surface area (Å²) >= 11 is 7.52. The zero-order chi connectivity index (χ0) is 49.4. The summed E-state index contributed by atoms with van der Waals surface area (Å²) in [7, 11) is 1.48. The third-order valence-electron chi connectivity index (χ3n) is 12.0. The number of aryl methyl sites for hydroxylation is 1. The number of carbonyl (C=O) groups excluding carboxylic acids is 5. The zero-order valence-electron chi connectivity index (χ0n) is 39.1. The lowest BCUT2D eigenvalue weighted by atomic mass is 9.85. The van der Waals surface area contributed by atoms with Gasteiger partial charge in [-0.3, -0.25) is 28.9 Å². The van der Waals surface area contributed by atoms with E-state index in [1.54, 1.807) is 40.0 Å². The van der Waals surface area contributed by atoms with Crippen molar-refractivity contribution in [2.75, 3.05) is 57.0 Å². The van der Waals surface area contributed by atoms with Crippen LogP contribution in [-0.2, 0) is 30.5 Å². The summed E-state index contributed by atoms with van der Waals surface area (Å²) in [6, 6.07) is 13.4. The Hall–Kier alpha value is -6.54. The lowest BCUT2D eigenvalue weighted by molar-refractivity contribution is -0.144. The Balaban J connectivity index is 0.856. The van der Waals surface area contributed by atoms with Crippen molar-refractivity contribution < 1.29 is 38.2 Å². The van der Waals surface area contributed by atoms with E-state index >= 15 is 0 Å². The normalized spacial score (nSPS) is 16.9. The number of fused-ring (bicyclic) bond motifs is 1. The second kappa shape index (κ2) is 22.3. The lowest BCUT2D eigenvalue weighted by Crippen LogP contribution is -2.57. The van der Waals surface area contributed by atoms with Gasteiger partial charge < -0.3 is 40.9 Å². The highest BCUT2D eigenvalue weighted by molar-refractivity contribution is 7.13. The number of halogens is 2. The van der Waals surface area contributed by atoms with Gasteiger partial charge in [-0.1, -0.05) is 62.7 Å². The van der Waals surface area contributed by atoms with E-state index in [4.69, 9.17) is 16.3 Å². The molecule has 2 fully saturated rings. The van der Waals surface area contributed by atoms with Gasteiger partial charge in [0.2, 0.25) is 29.5 Å². The van der Waals surface area contributed by atoms with Crippen LogP contribution in [0.2, 0.25) is 5.02 Å². The predicted molar refractivity (Wildman–Crippen MR) is 262 cm³/mol. The monoisotopic (exact) mass is 982 g/mol. The minimum Gasteiger partial charge on any atom is -0.494 e. The van der Waals surface area contributed by atoms with Gasteiger partial charge >= 0.3 is 0 Å². The second-order valence-electron chi connectivity index (χ2n) is 18.1. The maximum atomic E-state index is 14.1. The molecule has 3 aromatic carbocycles. The molecule has 0 saturated carbocycles. The third-order valence-corrected chi connectivity index (χ3v) is 13.3. The van der Waals surface area contributed by atoms with Crippen molar-refractivity contribution in [1.82, 2.24) is 40.3 Å². The molecule has 3 atom stereocenters. The number of aliphatic hydroxyl groups is 1. The Morgan fingerprint density at radius 2 is 1.75 bits per heavy atom. The quantitative estimate of drug-likeness (QED) is 0.0740. The molecule has 0 aliphatic carbocycles. The average molecular weight is 984 g/mol. The number of β-amino-alcohol motifs (C(OH)–C–C–N with tert-alkyl or cyclic N) is 1. The van der Waals surface area contributed by atoms with Gasteiger partial charge in [-0.25, -0.2) is 19.3 Å². The molecule has 5 amide bonds. The summed E-state index contributed by atoms with van der Waals surface area (Å²) < 4.78 is 19.3. The molecular weight excluding hydrogens is 927 g/mol. The number of nitrogens with one attached hydrogen (secondary N) is 4. The fourth-order valence-corrected chi connectivity index (χ4v) is 9.21. The van der Waals surface area contributed by atoms with Crippen molar-refractivity contribution in [3.63, 3.8) is 0 Å². The van der Waals surface area contributed by atoms with E-state index in [2.05, 4.69) is 41.1 Å². The molecule has 5 aromatic rings. The first-order valence-corrected chi connectivity index (χ1v) is 23.8. The van der Waals surface area contributed by atoms with Crippen LogP contribution in [0.4, 0.5) is 21.6 Å². The van der Waals surface area contributed by atoms with Gasteiger partial charge in [0.15, 0.2) is 0 Å². The minimum atomic E-state index is -1.02. The topological polar surface area (TPSA) is 211 Å². The summed E-state index contributed by atoms with van der Waals surface area (Å²) in [6.07, 6.45) is 3.49. The molecular formula is C49H56ClFN10O7S. The van der Waals surface area contributed by atoms with Crippen LogP contribution in [0.25, 0.3) is 21.3 Å². The third kappa shape index (κ3) is 12.8. The number of methoxy groups -OCH3 is 1. The van der Waals surface area contributed by atoms with Gasteiger partial charge in [-0.05, 0) is 47.7 Å². The summed E-state index contributed by atoms with van der Waals surface area (Å²) in [5.41, 5.74) is 5.34. The van der Waals surface area contributed by atoms with Crippen LogP contribution in [0.1, 0.15) is 51.3 Å². The van der Waals surface area contributed by atoms with Gasteiger partial charge in [0.25, 0.3) is 0 Å². The fraction of sp³-hybridized carbons (Fsp3) is 0.388. The Labute approximate surface area is 408 Å². The molecule has 0 bridgehead atoms. The van der Waals surface area contributed by atoms with E-state index in [0.29, 0.717) is 66.6 Å². The maximum Gasteiger partial charge on any atom is 0.248 e. The molecule has 5 N–H and O–H groups in total. The predicted octanol–water partition coefficient (Wildman–Crippen LogP) is 5.83. The highest BCUT2D eigenvalue weighted by Crippen LogP contribution is 2.34. The number of piperazine rings is 1. The van der Waals surface area contributed by atoms with Gasteiger partial charge in [-0.2, -0.15) is 0 Å². The van der Waals surface area contributed by atoms with Crippen molar-refractivity contribution in [2.45, 2.75) is 71.7 Å². The molecule has 2 aliphatic heterocycles. The van der Waals surface area contributed by atoms with Crippen molar-refractivity contribution in [3.05, 3.63) is 101 Å². The number of benzene rings is 3. The van der Waals surface area contributed by atoms with Crippen molar-refractivity contribution in [2.24, 2.45) is 5.41 Å². The van der Waals surface area contributed by atoms with E-state index in [1.165, 1.54) is 42.6 Å². The van der Waals surface area contributed by atoms with Gasteiger partial charge in [0.05, 0.1) is 45.5 Å². The maximum absolute atomic E-state index is 14.1. The van der Waals surface area contributed by atoms with Crippen LogP contribution in [0.15, 0.2) is 78.6 Å². The molecule has 0 radical (unpaired) electrons. The largest absolute Gasteiger partial charge is 0.494 e. The van der Waals surface area contributed by atoms with Crippen LogP contribution < -0.4 is 26.0 Å². The van der Waals surface area contributed by atoms with Crippen LogP contribution >= 0.6 is 22.9 Å². The van der Waals surface area contributed by atoms with E-state index < -0.39 is 53.0 Å². The fourth-order valence-electron chi connectivity index (χ4n) is 8.22. The van der Waals surface area contributed by atoms with Crippen LogP contribution in [0, 0.1) is 18.2 Å². The number of hydrogen-bond donors (Lipinski definition) is 5. The number of rotatable bonds is 16. The average Bonchev–Trinajstić information content (AvgIpc) is 3.95. The Morgan fingerprint density at radius 1 is 1.00 bits per heavy atom. The zero-order valence-corrected chi connectivity index (χ0v) is 40.6. The summed E-state index contributed by atoms with van der Waals surface area (Å²) in [6.45, 7) is 9.97. The molecule has 7 rings (SSSR count). The first kappa shape index (κ1) is 50.3. The molecule has 2 saturated heterocycles. The molecule has 20 heteroatoms. The number of aromatic nitrogens is 3. The summed E-state index contributed by atoms with van der Waals surface area (Å²) in [4.78, 5) is 86.4. The number of thiazole rings is 1. The SMILES string of the molecule is COc1cc2ncnc(Nc3ccc(F)c(Cl)c3)c2cc1NC(=O)/C=C/CN1CCN(C(=O)CCC(=O)N[C@H](C(=O)N2C[C@H](O)C[C@H]2C(=O)NCc2ccc(-c3scnc3C)cc2)C(C)(C)C)CC1. The van der Waals surface area contributed by atoms with Crippen molar-refractivity contribution in [1.29, 1.82) is 0 Å². The molecule has 0 unspecified atom stereocenters. The Bertz CT molecular complexity index is 2720. The molecule has 4 heterocycles. The van der Waals surface area contributed by atoms with Crippen LogP contribution in [-0.4, -0.2) is 129 Å². The molecule has 2 aromatic heterocycles. The number of likely N-dealkylation sites (tertiary alicyclic amines) is 1. The lowest BCUT2D eigenvalue weighted by Gasteiger charge is -2.35. The first-order chi connectivity index (χ1) is 33.0. The molecule has 2 aliphatic rings. The second-order valence-corrected chi connectivity index (χ2v) is 19.3. The number of nitrogens with zero attached hydrogens (tertiary/aromatic N) is 6. The Morgan fingerprint density at radius 3 is 2.43 bits per heavy atom. The Kier molecular flexibility index (Phi) is 16.2. The van der Waals surface area contributed by atoms with E-state index in [-0.39, 0.29) is 43.3 Å². The van der Waals surface area contributed by atoms with Gasteiger partial charge in [-0.15, -0.1) is 11.3 Å². The van der Waals surface area contributed by atoms with Crippen molar-refractivity contribution in [3.8, 4) is 16.2 Å². The number of ether oxygens (including phenoxy) is 1. The van der Waals surface area contributed by atoms with Gasteiger partial charge in [0, 0.05) is 88.3 Å². The number of carbonyl (C=O) groups is 5.